The molecule has 0 spiro atoms. The number of thioether (sulfide) groups is 1. The van der Waals surface area contributed by atoms with Gasteiger partial charge in [-0.05, 0) is 123 Å². The van der Waals surface area contributed by atoms with Crippen LogP contribution in [0.4, 0.5) is 5.69 Å². The van der Waals surface area contributed by atoms with Crippen molar-refractivity contribution in [3.8, 4) is 5.75 Å². The van der Waals surface area contributed by atoms with Gasteiger partial charge in [0.15, 0.2) is 57.6 Å². The summed E-state index contributed by atoms with van der Waals surface area (Å²) in [5.41, 5.74) is 10.5. The van der Waals surface area contributed by atoms with Gasteiger partial charge in [0.25, 0.3) is 0 Å². The molecule has 0 atom stereocenters. The Labute approximate surface area is 559 Å². The van der Waals surface area contributed by atoms with Crippen LogP contribution in [0.2, 0.25) is 25.1 Å². The van der Waals surface area contributed by atoms with Crippen LogP contribution in [0.25, 0.3) is 44.4 Å². The van der Waals surface area contributed by atoms with Gasteiger partial charge in [-0.3, -0.25) is 0 Å². The summed E-state index contributed by atoms with van der Waals surface area (Å²) >= 11 is 32.0. The highest BCUT2D eigenvalue weighted by atomic mass is 35.5. The Morgan fingerprint density at radius 1 is 0.433 bits per heavy atom. The molecule has 4 aromatic heterocycles. The number of nitrogens with zero attached hydrogens (tertiary/aromatic N) is 4. The molecule has 0 amide bonds. The van der Waals surface area contributed by atoms with E-state index in [1.165, 1.54) is 32.9 Å². The second-order valence-electron chi connectivity index (χ2n) is 28.1. The Morgan fingerprint density at radius 2 is 0.733 bits per heavy atom. The number of halogens is 5. The lowest BCUT2D eigenvalue weighted by molar-refractivity contribution is 0.408. The van der Waals surface area contributed by atoms with Crippen molar-refractivity contribution in [3.05, 3.63) is 115 Å². The Kier molecular flexibility index (Phi) is 23.0. The van der Waals surface area contributed by atoms with E-state index >= 15 is 0 Å². The van der Waals surface area contributed by atoms with Crippen LogP contribution in [0, 0.1) is 6.92 Å². The van der Waals surface area contributed by atoms with Crippen LogP contribution in [-0.4, -0.2) is 70.3 Å². The van der Waals surface area contributed by atoms with Crippen molar-refractivity contribution in [2.75, 3.05) is 5.73 Å². The molecular formula is C65H84Cl5N5O11S4. The monoisotopic (exact) mass is 1410 g/mol. The van der Waals surface area contributed by atoms with Gasteiger partial charge in [-0.2, -0.15) is 0 Å². The normalized spacial score (nSPS) is 13.0. The number of aryl methyl sites for hydroxylation is 1. The molecule has 0 aliphatic rings. The van der Waals surface area contributed by atoms with Gasteiger partial charge >= 0.3 is 0 Å². The van der Waals surface area contributed by atoms with E-state index in [9.17, 15) is 30.4 Å². The summed E-state index contributed by atoms with van der Waals surface area (Å²) in [5, 5.41) is 11.3. The van der Waals surface area contributed by atoms with Crippen LogP contribution < -0.4 is 5.73 Å². The molecule has 16 nitrogen and oxygen atoms in total. The number of benzene rings is 5. The number of fused-ring (bicyclic) bond motifs is 4. The Hall–Kier alpha value is -4.77. The lowest BCUT2D eigenvalue weighted by Crippen LogP contribution is -2.28. The van der Waals surface area contributed by atoms with E-state index in [0.717, 1.165) is 54.5 Å². The number of hydrogen-bond donors (Lipinski definition) is 2. The highest BCUT2D eigenvalue weighted by molar-refractivity contribution is 8.00. The molecule has 494 valence electrons. The molecule has 3 N–H and O–H groups in total. The molecule has 9 aromatic rings. The maximum Gasteiger partial charge on any atom is 0.200 e. The van der Waals surface area contributed by atoms with Crippen molar-refractivity contribution in [2.45, 2.75) is 220 Å². The van der Waals surface area contributed by atoms with E-state index in [-0.39, 0.29) is 68.3 Å². The average Bonchev–Trinajstić information content (AvgIpc) is 1.75. The molecule has 90 heavy (non-hydrogen) atoms. The largest absolute Gasteiger partial charge is 0.504 e. The van der Waals surface area contributed by atoms with Crippen LogP contribution >= 0.6 is 69.8 Å². The van der Waals surface area contributed by atoms with Gasteiger partial charge in [0.1, 0.15) is 36.8 Å². The number of nitrogen functional groups attached to an aromatic ring is 1. The van der Waals surface area contributed by atoms with Crippen molar-refractivity contribution >= 4 is 149 Å². The Morgan fingerprint density at radius 3 is 1.11 bits per heavy atom. The van der Waals surface area contributed by atoms with Crippen molar-refractivity contribution in [3.63, 3.8) is 0 Å². The van der Waals surface area contributed by atoms with Crippen LogP contribution in [0.15, 0.2) is 97.9 Å². The van der Waals surface area contributed by atoms with E-state index in [0.29, 0.717) is 28.1 Å². The summed E-state index contributed by atoms with van der Waals surface area (Å²) in [5.74, 6) is 2.01. The molecule has 9 rings (SSSR count). The van der Waals surface area contributed by atoms with Gasteiger partial charge in [-0.15, -0.1) is 11.8 Å². The predicted molar refractivity (Wildman–Crippen MR) is 370 cm³/mol. The third-order valence-corrected chi connectivity index (χ3v) is 23.8. The second kappa shape index (κ2) is 27.3. The molecule has 0 unspecified atom stereocenters. The molecule has 0 aliphatic heterocycles. The second-order valence-corrected chi connectivity index (χ2v) is 39.4. The van der Waals surface area contributed by atoms with Gasteiger partial charge in [0.05, 0.1) is 45.4 Å². The summed E-state index contributed by atoms with van der Waals surface area (Å²) in [6, 6.07) is 16.7. The van der Waals surface area contributed by atoms with E-state index < -0.39 is 50.0 Å². The first kappa shape index (κ1) is 75.9. The summed E-state index contributed by atoms with van der Waals surface area (Å²) in [6.45, 7) is 43.2. The molecule has 0 aliphatic carbocycles. The van der Waals surface area contributed by atoms with Crippen molar-refractivity contribution in [1.29, 1.82) is 0 Å². The minimum absolute atomic E-state index is 0.00720. The zero-order valence-corrected chi connectivity index (χ0v) is 62.4. The van der Waals surface area contributed by atoms with Crippen molar-refractivity contribution in [2.24, 2.45) is 0 Å². The first-order valence-electron chi connectivity index (χ1n) is 28.7. The maximum atomic E-state index is 12.8. The molecule has 5 aromatic carbocycles. The van der Waals surface area contributed by atoms with Gasteiger partial charge in [-0.1, -0.05) is 155 Å². The lowest BCUT2D eigenvalue weighted by Gasteiger charge is -2.21. The number of anilines is 1. The number of aromatic nitrogens is 4. The quantitative estimate of drug-likeness (QED) is 0.0891. The number of phenols is 1. The third-order valence-electron chi connectivity index (χ3n) is 13.2. The Balaban J connectivity index is 0.000000206. The number of nitrogens with two attached hydrogens (primary N) is 1. The van der Waals surface area contributed by atoms with Crippen LogP contribution in [0.1, 0.15) is 181 Å². The molecule has 0 fully saturated rings. The fraction of sp³-hybridized carbons (Fsp3) is 0.477. The summed E-state index contributed by atoms with van der Waals surface area (Å²) in [7, 11) is -10.9. The zero-order chi connectivity index (χ0) is 68.9. The molecule has 25 heteroatoms. The average molecular weight is 1420 g/mol. The number of aromatic hydroxyl groups is 1. The van der Waals surface area contributed by atoms with Crippen LogP contribution in [-0.2, 0) is 51.2 Å². The molecule has 0 saturated heterocycles. The molecular weight excluding hydrogens is 1330 g/mol. The van der Waals surface area contributed by atoms with E-state index in [1.807, 2.05) is 72.7 Å². The standard InChI is InChI=1S/C15H20ClNO3S.C14H18ClNO3S.C14H18ClNOS.C12H14ClNO.C10H14ClNO3S/c1-14(2,3)13-17-10-8-7-9(16)12(11(10)20-13)21(18,19)15(4,5)6;1-8(2)20(17,18)12-9(15)6-7-10-11(12)19-13(16-10)14(3,4)5;1-8(2)18-12-9(15)6-7-10-11(12)17-13(16-10)14(3,4)5;1-7-8(13)5-6-9-10(7)15-11(14-9)12(2,3)4;1-10(2,3)16(14,15)9-6(11)4-5-7(12)8(9)13/h7-8H,1-6H3;6-8H,1-5H3;6-8H,1-5H3;5-6H,1-4H3;4-5,13H,12H2,1-3H3. The predicted octanol–water partition coefficient (Wildman–Crippen LogP) is 19.9. The first-order chi connectivity index (χ1) is 40.7. The van der Waals surface area contributed by atoms with Crippen molar-refractivity contribution in [1.82, 2.24) is 19.9 Å². The van der Waals surface area contributed by atoms with Crippen molar-refractivity contribution < 1.29 is 48.0 Å². The lowest BCUT2D eigenvalue weighted by atomic mass is 9.97. The molecule has 0 radical (unpaired) electrons. The molecule has 4 heterocycles. The highest BCUT2D eigenvalue weighted by Crippen LogP contribution is 2.43. The minimum atomic E-state index is -3.72. The highest BCUT2D eigenvalue weighted by Gasteiger charge is 2.38. The SMILES string of the molecule is CC(C)(C)S(=O)(=O)c1c(Cl)ccc(N)c1O.CC(C)(C)c1nc2ccc(Cl)c(S(=O)(=O)C(C)(C)C)c2o1.CC(C)S(=O)(=O)c1c(Cl)ccc2nc(C(C)(C)C)oc12.CC(C)Sc1c(Cl)ccc2nc(C(C)(C)C)oc12.Cc1c(Cl)ccc2nc(C(C)(C)C)oc12. The zero-order valence-electron chi connectivity index (χ0n) is 55.3. The first-order valence-corrected chi connectivity index (χ1v) is 36.0. The molecule has 0 bridgehead atoms. The van der Waals surface area contributed by atoms with Crippen LogP contribution in [0.3, 0.4) is 0 Å². The minimum Gasteiger partial charge on any atom is -0.504 e. The number of oxazole rings is 4. The summed E-state index contributed by atoms with van der Waals surface area (Å²) in [6.07, 6.45) is 0. The van der Waals surface area contributed by atoms with E-state index in [4.69, 9.17) is 81.4 Å². The van der Waals surface area contributed by atoms with Crippen LogP contribution in [0.5, 0.6) is 5.75 Å². The number of rotatable bonds is 6. The smallest absolute Gasteiger partial charge is 0.200 e. The number of hydrogen-bond acceptors (Lipinski definition) is 17. The van der Waals surface area contributed by atoms with Gasteiger partial charge < -0.3 is 28.5 Å². The van der Waals surface area contributed by atoms with E-state index in [1.54, 1.807) is 70.6 Å². The fourth-order valence-corrected chi connectivity index (χ4v) is 14.3. The van der Waals surface area contributed by atoms with E-state index in [2.05, 4.69) is 75.3 Å². The number of phenolic OH excluding ortho intramolecular Hbond substituents is 1. The summed E-state index contributed by atoms with van der Waals surface area (Å²) < 4.78 is 95.9. The van der Waals surface area contributed by atoms with Gasteiger partial charge in [0, 0.05) is 37.5 Å². The summed E-state index contributed by atoms with van der Waals surface area (Å²) in [4.78, 5) is 18.5. The third kappa shape index (κ3) is 16.9. The van der Waals surface area contributed by atoms with Gasteiger partial charge in [0.2, 0.25) is 23.6 Å². The maximum absolute atomic E-state index is 12.8. The number of sulfone groups is 3. The topological polar surface area (TPSA) is 253 Å². The van der Waals surface area contributed by atoms with Gasteiger partial charge in [-0.25, -0.2) is 45.2 Å². The Bertz CT molecular complexity index is 4450. The fourth-order valence-electron chi connectivity index (χ4n) is 7.74. The molecule has 0 saturated carbocycles.